The summed E-state index contributed by atoms with van der Waals surface area (Å²) < 4.78 is 2.65. The Morgan fingerprint density at radius 2 is 1.20 bits per heavy atom. The molecule has 0 radical (unpaired) electrons. The highest BCUT2D eigenvalue weighted by Gasteiger charge is 2.35. The fraction of sp³-hybridized carbons (Fsp3) is 0.0698. The maximum atomic E-state index is 2.47. The van der Waals surface area contributed by atoms with Crippen LogP contribution in [-0.2, 0) is 5.41 Å². The Morgan fingerprint density at radius 3 is 2.11 bits per heavy atom. The molecule has 0 unspecified atom stereocenters. The summed E-state index contributed by atoms with van der Waals surface area (Å²) in [6.45, 7) is 4.72. The summed E-state index contributed by atoms with van der Waals surface area (Å²) in [5.74, 6) is 0. The first-order chi connectivity index (χ1) is 22.1. The molecule has 2 heteroatoms. The number of hydrogen-bond acceptors (Lipinski definition) is 2. The zero-order valence-electron chi connectivity index (χ0n) is 25.3. The van der Waals surface area contributed by atoms with E-state index in [2.05, 4.69) is 170 Å². The molecule has 0 spiro atoms. The Balaban J connectivity index is 1.30. The van der Waals surface area contributed by atoms with Crippen molar-refractivity contribution in [1.82, 2.24) is 0 Å². The molecule has 45 heavy (non-hydrogen) atoms. The standard InChI is InChI=1S/C43H31NS/c1-43(2)38-19-8-6-17-33(38)34-23-22-32(26-39(34)43)44(31-16-10-14-29(24-31)28-12-4-3-5-13-28)40-20-11-15-30-25-37-35-18-7-9-21-41(35)45-42(37)27-36(30)40/h3-27H,1-2H3. The van der Waals surface area contributed by atoms with E-state index in [1.807, 2.05) is 11.3 Å². The Hall–Kier alpha value is -5.18. The molecule has 8 aromatic rings. The van der Waals surface area contributed by atoms with Gasteiger partial charge in [0, 0.05) is 42.3 Å². The molecule has 1 heterocycles. The monoisotopic (exact) mass is 593 g/mol. The maximum Gasteiger partial charge on any atom is 0.0540 e. The van der Waals surface area contributed by atoms with Crippen molar-refractivity contribution in [1.29, 1.82) is 0 Å². The van der Waals surface area contributed by atoms with Crippen molar-refractivity contribution < 1.29 is 0 Å². The molecule has 1 aliphatic rings. The third-order valence-corrected chi connectivity index (χ3v) is 10.8. The summed E-state index contributed by atoms with van der Waals surface area (Å²) in [4.78, 5) is 2.47. The van der Waals surface area contributed by atoms with Crippen molar-refractivity contribution in [2.24, 2.45) is 0 Å². The lowest BCUT2D eigenvalue weighted by atomic mass is 9.82. The SMILES string of the molecule is CC1(C)c2ccccc2-c2ccc(N(c3cccc(-c4ccccc4)c3)c3cccc4cc5c(cc34)sc3ccccc35)cc21. The van der Waals surface area contributed by atoms with Crippen molar-refractivity contribution in [3.8, 4) is 22.3 Å². The molecule has 1 nitrogen and oxygen atoms in total. The number of thiophene rings is 1. The molecule has 0 saturated heterocycles. The molecule has 1 aromatic heterocycles. The fourth-order valence-electron chi connectivity index (χ4n) is 7.39. The smallest absolute Gasteiger partial charge is 0.0540 e. The van der Waals surface area contributed by atoms with Crippen LogP contribution in [0.5, 0.6) is 0 Å². The Labute approximate surface area is 267 Å². The predicted octanol–water partition coefficient (Wildman–Crippen LogP) is 12.7. The average Bonchev–Trinajstić information content (AvgIpc) is 3.56. The van der Waals surface area contributed by atoms with E-state index in [9.17, 15) is 0 Å². The van der Waals surface area contributed by atoms with E-state index < -0.39 is 0 Å². The minimum Gasteiger partial charge on any atom is -0.310 e. The van der Waals surface area contributed by atoms with Crippen LogP contribution in [0.3, 0.4) is 0 Å². The molecule has 7 aromatic carbocycles. The highest BCUT2D eigenvalue weighted by Crippen LogP contribution is 2.51. The molecule has 1 aliphatic carbocycles. The Kier molecular flexibility index (Phi) is 5.78. The van der Waals surface area contributed by atoms with E-state index >= 15 is 0 Å². The lowest BCUT2D eigenvalue weighted by Gasteiger charge is -2.29. The van der Waals surface area contributed by atoms with E-state index in [0.29, 0.717) is 0 Å². The fourth-order valence-corrected chi connectivity index (χ4v) is 8.52. The number of anilines is 3. The zero-order chi connectivity index (χ0) is 30.1. The maximum absolute atomic E-state index is 2.47. The lowest BCUT2D eigenvalue weighted by molar-refractivity contribution is 0.660. The van der Waals surface area contributed by atoms with Gasteiger partial charge in [-0.3, -0.25) is 0 Å². The van der Waals surface area contributed by atoms with Crippen molar-refractivity contribution in [2.75, 3.05) is 4.90 Å². The van der Waals surface area contributed by atoms with E-state index in [4.69, 9.17) is 0 Å². The van der Waals surface area contributed by atoms with Gasteiger partial charge in [-0.2, -0.15) is 0 Å². The van der Waals surface area contributed by atoms with Crippen LogP contribution < -0.4 is 4.90 Å². The van der Waals surface area contributed by atoms with Gasteiger partial charge in [0.05, 0.1) is 5.69 Å². The highest BCUT2D eigenvalue weighted by atomic mass is 32.1. The van der Waals surface area contributed by atoms with E-state index in [-0.39, 0.29) is 5.41 Å². The van der Waals surface area contributed by atoms with E-state index in [0.717, 1.165) is 5.69 Å². The Bertz CT molecular complexity index is 2410. The van der Waals surface area contributed by atoms with Gasteiger partial charge in [0.25, 0.3) is 0 Å². The number of fused-ring (bicyclic) bond motifs is 7. The van der Waals surface area contributed by atoms with Crippen LogP contribution in [0.2, 0.25) is 0 Å². The molecule has 0 atom stereocenters. The van der Waals surface area contributed by atoms with Crippen molar-refractivity contribution >= 4 is 59.3 Å². The van der Waals surface area contributed by atoms with E-state index in [1.54, 1.807) is 0 Å². The van der Waals surface area contributed by atoms with Gasteiger partial charge in [0.2, 0.25) is 0 Å². The van der Waals surface area contributed by atoms with Gasteiger partial charge in [0.1, 0.15) is 0 Å². The van der Waals surface area contributed by atoms with Gasteiger partial charge >= 0.3 is 0 Å². The number of hydrogen-bond donors (Lipinski definition) is 0. The molecule has 0 saturated carbocycles. The summed E-state index contributed by atoms with van der Waals surface area (Å²) >= 11 is 1.88. The van der Waals surface area contributed by atoms with E-state index in [1.165, 1.54) is 75.7 Å². The number of rotatable bonds is 4. The molecule has 0 amide bonds. The molecule has 214 valence electrons. The first kappa shape index (κ1) is 26.2. The average molecular weight is 594 g/mol. The summed E-state index contributed by atoms with van der Waals surface area (Å²) in [5.41, 5.74) is 11.3. The predicted molar refractivity (Wildman–Crippen MR) is 195 cm³/mol. The third-order valence-electron chi connectivity index (χ3n) is 9.63. The summed E-state index contributed by atoms with van der Waals surface area (Å²) in [5, 5.41) is 5.17. The Morgan fingerprint density at radius 1 is 0.467 bits per heavy atom. The van der Waals surface area contributed by atoms with Gasteiger partial charge in [-0.25, -0.2) is 0 Å². The van der Waals surface area contributed by atoms with Gasteiger partial charge in [0.15, 0.2) is 0 Å². The summed E-state index contributed by atoms with van der Waals surface area (Å²) in [6.07, 6.45) is 0. The molecular formula is C43H31NS. The van der Waals surface area contributed by atoms with Crippen LogP contribution >= 0.6 is 11.3 Å². The lowest BCUT2D eigenvalue weighted by Crippen LogP contribution is -2.16. The van der Waals surface area contributed by atoms with Crippen LogP contribution in [0.15, 0.2) is 152 Å². The van der Waals surface area contributed by atoms with Crippen molar-refractivity contribution in [2.45, 2.75) is 19.3 Å². The molecular weight excluding hydrogens is 563 g/mol. The van der Waals surface area contributed by atoms with Crippen LogP contribution in [0.1, 0.15) is 25.0 Å². The number of nitrogens with zero attached hydrogens (tertiary/aromatic N) is 1. The summed E-state index contributed by atoms with van der Waals surface area (Å²) in [6, 6.07) is 55.9. The highest BCUT2D eigenvalue weighted by molar-refractivity contribution is 7.25. The first-order valence-electron chi connectivity index (χ1n) is 15.6. The second-order valence-corrected chi connectivity index (χ2v) is 13.7. The van der Waals surface area contributed by atoms with Crippen LogP contribution in [-0.4, -0.2) is 0 Å². The molecule has 0 aliphatic heterocycles. The second-order valence-electron chi connectivity index (χ2n) is 12.6. The van der Waals surface area contributed by atoms with Crippen molar-refractivity contribution in [3.63, 3.8) is 0 Å². The minimum absolute atomic E-state index is 0.0819. The normalized spacial score (nSPS) is 13.3. The van der Waals surface area contributed by atoms with Crippen LogP contribution in [0.25, 0.3) is 53.2 Å². The number of benzene rings is 7. The third kappa shape index (κ3) is 4.06. The second kappa shape index (κ2) is 9.92. The van der Waals surface area contributed by atoms with Crippen molar-refractivity contribution in [3.05, 3.63) is 163 Å². The van der Waals surface area contributed by atoms with Gasteiger partial charge in [-0.05, 0) is 87.3 Å². The molecule has 0 fully saturated rings. The largest absolute Gasteiger partial charge is 0.310 e. The molecule has 0 bridgehead atoms. The van der Waals surface area contributed by atoms with Crippen LogP contribution in [0, 0.1) is 0 Å². The topological polar surface area (TPSA) is 3.24 Å². The van der Waals surface area contributed by atoms with Gasteiger partial charge in [-0.15, -0.1) is 11.3 Å². The first-order valence-corrected chi connectivity index (χ1v) is 16.4. The molecule has 0 N–H and O–H groups in total. The molecule has 9 rings (SSSR count). The van der Waals surface area contributed by atoms with Gasteiger partial charge in [-0.1, -0.05) is 117 Å². The zero-order valence-corrected chi connectivity index (χ0v) is 26.1. The van der Waals surface area contributed by atoms with Crippen LogP contribution in [0.4, 0.5) is 17.1 Å². The quantitative estimate of drug-likeness (QED) is 0.196. The summed E-state index contributed by atoms with van der Waals surface area (Å²) in [7, 11) is 0. The minimum atomic E-state index is -0.0819. The van der Waals surface area contributed by atoms with Gasteiger partial charge < -0.3 is 4.90 Å².